The topological polar surface area (TPSA) is 86.3 Å². The first kappa shape index (κ1) is 18.8. The summed E-state index contributed by atoms with van der Waals surface area (Å²) in [7, 11) is 0. The van der Waals surface area contributed by atoms with Crippen LogP contribution >= 0.6 is 11.6 Å². The number of aromatic nitrogens is 1. The summed E-state index contributed by atoms with van der Waals surface area (Å²) in [4.78, 5) is 25.4. The lowest BCUT2D eigenvalue weighted by molar-refractivity contribution is 0.0636. The van der Waals surface area contributed by atoms with Crippen LogP contribution in [0.5, 0.6) is 0 Å². The molecular weight excluding hydrogens is 366 g/mol. The number of nitrogen functional groups attached to an aromatic ring is 1. The molecule has 0 saturated heterocycles. The van der Waals surface area contributed by atoms with Crippen LogP contribution in [0.3, 0.4) is 0 Å². The van der Waals surface area contributed by atoms with E-state index in [0.29, 0.717) is 21.6 Å². The van der Waals surface area contributed by atoms with Gasteiger partial charge in [-0.3, -0.25) is 14.7 Å². The zero-order valence-corrected chi connectivity index (χ0v) is 16.0. The molecule has 1 amide bonds. The summed E-state index contributed by atoms with van der Waals surface area (Å²) >= 11 is 6.13. The molecule has 0 radical (unpaired) electrons. The number of benzene rings is 2. The van der Waals surface area contributed by atoms with E-state index >= 15 is 0 Å². The number of hydrogen-bond donors (Lipinski definition) is 2. The van der Waals surface area contributed by atoms with Gasteiger partial charge < -0.3 is 10.5 Å². The first-order chi connectivity index (χ1) is 12.7. The normalized spacial score (nSPS) is 11.4. The lowest BCUT2D eigenvalue weighted by Gasteiger charge is -2.21. The molecule has 0 atom stereocenters. The van der Waals surface area contributed by atoms with E-state index in [1.807, 2.05) is 18.2 Å². The predicted molar refractivity (Wildman–Crippen MR) is 109 cm³/mol. The molecule has 0 fully saturated rings. The molecule has 0 spiro atoms. The van der Waals surface area contributed by atoms with Crippen LogP contribution in [0.4, 0.5) is 16.2 Å². The summed E-state index contributed by atoms with van der Waals surface area (Å²) in [5.41, 5.74) is 6.31. The van der Waals surface area contributed by atoms with Crippen LogP contribution in [0, 0.1) is 0 Å². The van der Waals surface area contributed by atoms with Crippen molar-refractivity contribution in [1.29, 1.82) is 0 Å². The lowest BCUT2D eigenvalue weighted by atomic mass is 10.1. The molecule has 0 aliphatic carbocycles. The van der Waals surface area contributed by atoms with E-state index in [9.17, 15) is 9.59 Å². The number of para-hydroxylation sites is 1. The molecule has 140 valence electrons. The van der Waals surface area contributed by atoms with E-state index in [1.165, 1.54) is 4.57 Å². The molecule has 27 heavy (non-hydrogen) atoms. The number of nitrogens with zero attached hydrogens (tertiary/aromatic N) is 1. The second kappa shape index (κ2) is 6.96. The third-order valence-electron chi connectivity index (χ3n) is 3.82. The quantitative estimate of drug-likeness (QED) is 0.676. The van der Waals surface area contributed by atoms with Crippen molar-refractivity contribution in [3.63, 3.8) is 0 Å². The van der Waals surface area contributed by atoms with Gasteiger partial charge in [-0.1, -0.05) is 29.8 Å². The van der Waals surface area contributed by atoms with Crippen molar-refractivity contribution < 1.29 is 9.53 Å². The molecule has 2 aromatic carbocycles. The number of anilines is 2. The fraction of sp³-hybridized carbons (Fsp3) is 0.200. The molecule has 1 heterocycles. The monoisotopic (exact) mass is 385 g/mol. The smallest absolute Gasteiger partial charge is 0.412 e. The summed E-state index contributed by atoms with van der Waals surface area (Å²) in [6, 6.07) is 14.1. The Morgan fingerprint density at radius 1 is 1.15 bits per heavy atom. The molecule has 0 bridgehead atoms. The largest absolute Gasteiger partial charge is 0.444 e. The predicted octanol–water partition coefficient (Wildman–Crippen LogP) is 4.57. The standard InChI is InChI=1S/C20H20ClN3O3/c1-20(2,3)27-19(26)23-17-16(22)14-10-9-12(21)11-15(14)24(18(17)25)13-7-5-4-6-8-13/h4-11H,22H2,1-3H3,(H,23,26). The number of nitrogens with one attached hydrogen (secondary N) is 1. The Hall–Kier alpha value is -2.99. The number of pyridine rings is 1. The van der Waals surface area contributed by atoms with Gasteiger partial charge in [0.1, 0.15) is 11.3 Å². The van der Waals surface area contributed by atoms with Gasteiger partial charge in [0.15, 0.2) is 0 Å². The maximum Gasteiger partial charge on any atom is 0.412 e. The highest BCUT2D eigenvalue weighted by Gasteiger charge is 2.21. The average Bonchev–Trinajstić information content (AvgIpc) is 2.58. The fourth-order valence-corrected chi connectivity index (χ4v) is 2.91. The highest BCUT2D eigenvalue weighted by molar-refractivity contribution is 6.31. The highest BCUT2D eigenvalue weighted by atomic mass is 35.5. The van der Waals surface area contributed by atoms with Crippen molar-refractivity contribution in [2.24, 2.45) is 0 Å². The Balaban J connectivity index is 2.25. The molecule has 3 aromatic rings. The zero-order valence-electron chi connectivity index (χ0n) is 15.2. The third-order valence-corrected chi connectivity index (χ3v) is 4.05. The Labute approximate surface area is 161 Å². The van der Waals surface area contributed by atoms with Crippen LogP contribution in [-0.4, -0.2) is 16.3 Å². The van der Waals surface area contributed by atoms with Gasteiger partial charge in [0, 0.05) is 16.1 Å². The van der Waals surface area contributed by atoms with E-state index in [-0.39, 0.29) is 11.4 Å². The van der Waals surface area contributed by atoms with Crippen molar-refractivity contribution in [2.75, 3.05) is 11.1 Å². The van der Waals surface area contributed by atoms with Gasteiger partial charge in [-0.25, -0.2) is 4.79 Å². The van der Waals surface area contributed by atoms with Crippen molar-refractivity contribution in [3.8, 4) is 5.69 Å². The zero-order chi connectivity index (χ0) is 19.8. The maximum absolute atomic E-state index is 13.2. The second-order valence-corrected chi connectivity index (χ2v) is 7.49. The molecule has 7 heteroatoms. The van der Waals surface area contributed by atoms with Gasteiger partial charge in [-0.15, -0.1) is 0 Å². The fourth-order valence-electron chi connectivity index (χ4n) is 2.75. The minimum atomic E-state index is -0.751. The van der Waals surface area contributed by atoms with Crippen LogP contribution in [0.25, 0.3) is 16.6 Å². The van der Waals surface area contributed by atoms with Gasteiger partial charge in [0.25, 0.3) is 5.56 Å². The lowest BCUT2D eigenvalue weighted by Crippen LogP contribution is -2.31. The van der Waals surface area contributed by atoms with Gasteiger partial charge in [-0.05, 0) is 51.1 Å². The van der Waals surface area contributed by atoms with Crippen LogP contribution in [-0.2, 0) is 4.74 Å². The number of carbonyl (C=O) groups excluding carboxylic acids is 1. The van der Waals surface area contributed by atoms with E-state index < -0.39 is 17.3 Å². The Morgan fingerprint density at radius 2 is 1.81 bits per heavy atom. The van der Waals surface area contributed by atoms with Gasteiger partial charge in [0.2, 0.25) is 0 Å². The number of rotatable bonds is 2. The average molecular weight is 386 g/mol. The van der Waals surface area contributed by atoms with Crippen LogP contribution in [0.15, 0.2) is 53.3 Å². The summed E-state index contributed by atoms with van der Waals surface area (Å²) in [6.07, 6.45) is -0.751. The third kappa shape index (κ3) is 3.90. The Morgan fingerprint density at radius 3 is 2.44 bits per heavy atom. The molecule has 0 saturated carbocycles. The van der Waals surface area contributed by atoms with E-state index in [4.69, 9.17) is 22.1 Å². The molecular formula is C20H20ClN3O3. The first-order valence-electron chi connectivity index (χ1n) is 8.36. The van der Waals surface area contributed by atoms with E-state index in [2.05, 4.69) is 5.32 Å². The van der Waals surface area contributed by atoms with Gasteiger partial charge in [0.05, 0.1) is 11.2 Å². The SMILES string of the molecule is CC(C)(C)OC(=O)Nc1c(N)c2ccc(Cl)cc2n(-c2ccccc2)c1=O. The molecule has 0 unspecified atom stereocenters. The molecule has 3 N–H and O–H groups in total. The van der Waals surface area contributed by atoms with Crippen molar-refractivity contribution in [3.05, 3.63) is 63.9 Å². The number of amides is 1. The van der Waals surface area contributed by atoms with Gasteiger partial charge in [-0.2, -0.15) is 0 Å². The Kier molecular flexibility index (Phi) is 4.85. The number of fused-ring (bicyclic) bond motifs is 1. The molecule has 1 aromatic heterocycles. The first-order valence-corrected chi connectivity index (χ1v) is 8.74. The minimum absolute atomic E-state index is 0.0390. The number of carbonyl (C=O) groups is 1. The Bertz CT molecular complexity index is 1070. The van der Waals surface area contributed by atoms with Crippen molar-refractivity contribution in [2.45, 2.75) is 26.4 Å². The van der Waals surface area contributed by atoms with Crippen LogP contribution in [0.2, 0.25) is 5.02 Å². The number of halogens is 1. The van der Waals surface area contributed by atoms with E-state index in [1.54, 1.807) is 51.1 Å². The number of nitrogens with two attached hydrogens (primary N) is 1. The van der Waals surface area contributed by atoms with Crippen molar-refractivity contribution >= 4 is 40.0 Å². The molecule has 0 aliphatic rings. The summed E-state index contributed by atoms with van der Waals surface area (Å²) in [5, 5.41) is 3.56. The number of ether oxygens (including phenoxy) is 1. The maximum atomic E-state index is 13.2. The van der Waals surface area contributed by atoms with Gasteiger partial charge >= 0.3 is 6.09 Å². The summed E-state index contributed by atoms with van der Waals surface area (Å²) in [5.74, 6) is 0. The minimum Gasteiger partial charge on any atom is -0.444 e. The summed E-state index contributed by atoms with van der Waals surface area (Å²) < 4.78 is 6.72. The highest BCUT2D eigenvalue weighted by Crippen LogP contribution is 2.30. The van der Waals surface area contributed by atoms with Crippen molar-refractivity contribution in [1.82, 2.24) is 4.57 Å². The number of hydrogen-bond acceptors (Lipinski definition) is 4. The summed E-state index contributed by atoms with van der Waals surface area (Å²) in [6.45, 7) is 5.21. The molecule has 6 nitrogen and oxygen atoms in total. The van der Waals surface area contributed by atoms with E-state index in [0.717, 1.165) is 0 Å². The molecule has 0 aliphatic heterocycles. The molecule has 3 rings (SSSR count). The second-order valence-electron chi connectivity index (χ2n) is 7.05. The van der Waals surface area contributed by atoms with Crippen LogP contribution < -0.4 is 16.6 Å². The van der Waals surface area contributed by atoms with Crippen LogP contribution in [0.1, 0.15) is 20.8 Å².